The van der Waals surface area contributed by atoms with Gasteiger partial charge in [0.1, 0.15) is 0 Å². The van der Waals surface area contributed by atoms with Gasteiger partial charge in [-0.05, 0) is 73.9 Å². The van der Waals surface area contributed by atoms with Crippen LogP contribution in [-0.2, 0) is 10.0 Å². The van der Waals surface area contributed by atoms with Crippen LogP contribution in [0.5, 0.6) is 0 Å². The van der Waals surface area contributed by atoms with E-state index in [1.54, 1.807) is 24.3 Å². The van der Waals surface area contributed by atoms with Gasteiger partial charge in [0, 0.05) is 24.3 Å². The van der Waals surface area contributed by atoms with Gasteiger partial charge < -0.3 is 4.90 Å². The summed E-state index contributed by atoms with van der Waals surface area (Å²) in [6, 6.07) is 11.0. The van der Waals surface area contributed by atoms with E-state index in [9.17, 15) is 13.2 Å². The van der Waals surface area contributed by atoms with Crippen molar-refractivity contribution >= 4 is 44.8 Å². The van der Waals surface area contributed by atoms with E-state index in [1.165, 1.54) is 43.9 Å². The average Bonchev–Trinajstić information content (AvgIpc) is 3.58. The minimum absolute atomic E-state index is 0.00304. The molecule has 154 valence electrons. The lowest BCUT2D eigenvalue weighted by Crippen LogP contribution is -2.40. The molecule has 5 nitrogen and oxygen atoms in total. The van der Waals surface area contributed by atoms with Crippen molar-refractivity contribution in [2.75, 3.05) is 11.8 Å². The van der Waals surface area contributed by atoms with E-state index in [4.69, 9.17) is 23.2 Å². The molecule has 1 N–H and O–H groups in total. The lowest BCUT2D eigenvalue weighted by Gasteiger charge is -2.28. The van der Waals surface area contributed by atoms with Crippen molar-refractivity contribution < 1.29 is 13.2 Å². The molecule has 0 radical (unpaired) electrons. The average molecular weight is 453 g/mol. The summed E-state index contributed by atoms with van der Waals surface area (Å²) in [5, 5.41) is 0.438. The van der Waals surface area contributed by atoms with Gasteiger partial charge in [0.15, 0.2) is 0 Å². The van der Waals surface area contributed by atoms with Gasteiger partial charge in [-0.3, -0.25) is 9.52 Å². The van der Waals surface area contributed by atoms with Gasteiger partial charge in [0.2, 0.25) is 0 Å². The smallest absolute Gasteiger partial charge is 0.261 e. The fourth-order valence-corrected chi connectivity index (χ4v) is 5.24. The van der Waals surface area contributed by atoms with Gasteiger partial charge in [-0.1, -0.05) is 29.3 Å². The molecule has 0 unspecified atom stereocenters. The number of anilines is 1. The van der Waals surface area contributed by atoms with E-state index >= 15 is 0 Å². The number of sulfonamides is 1. The third-order valence-corrected chi connectivity index (χ3v) is 7.66. The third-order valence-electron chi connectivity index (χ3n) is 5.54. The Morgan fingerprint density at radius 2 is 1.69 bits per heavy atom. The first kappa shape index (κ1) is 20.5. The van der Waals surface area contributed by atoms with Crippen molar-refractivity contribution in [3.05, 3.63) is 58.1 Å². The van der Waals surface area contributed by atoms with E-state index < -0.39 is 10.0 Å². The largest absolute Gasteiger partial charge is 0.338 e. The van der Waals surface area contributed by atoms with Gasteiger partial charge >= 0.3 is 0 Å². The summed E-state index contributed by atoms with van der Waals surface area (Å²) in [6.07, 6.45) is 4.73. The summed E-state index contributed by atoms with van der Waals surface area (Å²) in [6.45, 7) is 0. The van der Waals surface area contributed by atoms with Crippen LogP contribution in [0.25, 0.3) is 0 Å². The fraction of sp³-hybridized carbons (Fsp3) is 0.381. The Morgan fingerprint density at radius 3 is 2.28 bits per heavy atom. The highest BCUT2D eigenvalue weighted by molar-refractivity contribution is 7.92. The summed E-state index contributed by atoms with van der Waals surface area (Å²) in [7, 11) is -2.00. The molecule has 0 aromatic heterocycles. The zero-order chi connectivity index (χ0) is 20.8. The number of nitrogens with zero attached hydrogens (tertiary/aromatic N) is 1. The van der Waals surface area contributed by atoms with Crippen LogP contribution in [-0.4, -0.2) is 32.3 Å². The van der Waals surface area contributed by atoms with Gasteiger partial charge in [0.25, 0.3) is 15.9 Å². The van der Waals surface area contributed by atoms with E-state index in [0.717, 1.165) is 0 Å². The maximum Gasteiger partial charge on any atom is 0.261 e. The van der Waals surface area contributed by atoms with E-state index in [0.29, 0.717) is 29.1 Å². The van der Waals surface area contributed by atoms with Crippen LogP contribution >= 0.6 is 23.2 Å². The first-order chi connectivity index (χ1) is 13.8. The van der Waals surface area contributed by atoms with Gasteiger partial charge in [0.05, 0.1) is 14.9 Å². The standard InChI is InChI=1S/C21H22Cl2N2O3S/c1-25(20(13-5-6-13)14-7-8-14)21(26)15-3-2-4-16(11-15)24-29(27,28)17-9-10-18(22)19(23)12-17/h2-4,9-14,20,24H,5-8H2,1H3. The van der Waals surface area contributed by atoms with E-state index in [2.05, 4.69) is 4.72 Å². The Hall–Kier alpha value is -1.76. The zero-order valence-electron chi connectivity index (χ0n) is 15.9. The number of amides is 1. The number of carbonyl (C=O) groups is 1. The highest BCUT2D eigenvalue weighted by atomic mass is 35.5. The second kappa shape index (κ2) is 7.82. The normalized spacial score (nSPS) is 16.7. The quantitative estimate of drug-likeness (QED) is 0.638. The third kappa shape index (κ3) is 4.55. The fourth-order valence-electron chi connectivity index (χ4n) is 3.81. The number of hydrogen-bond donors (Lipinski definition) is 1. The molecular weight excluding hydrogens is 431 g/mol. The first-order valence-corrected chi connectivity index (χ1v) is 11.9. The summed E-state index contributed by atoms with van der Waals surface area (Å²) in [5.41, 5.74) is 0.790. The van der Waals surface area contributed by atoms with Crippen LogP contribution in [0.4, 0.5) is 5.69 Å². The van der Waals surface area contributed by atoms with Crippen molar-refractivity contribution in [2.45, 2.75) is 36.6 Å². The maximum absolute atomic E-state index is 13.0. The highest BCUT2D eigenvalue weighted by Gasteiger charge is 2.45. The Balaban J connectivity index is 1.53. The molecule has 2 aliphatic carbocycles. The zero-order valence-corrected chi connectivity index (χ0v) is 18.3. The highest BCUT2D eigenvalue weighted by Crippen LogP contribution is 2.47. The Morgan fingerprint density at radius 1 is 1.03 bits per heavy atom. The van der Waals surface area contributed by atoms with E-state index in [-0.39, 0.29) is 20.8 Å². The van der Waals surface area contributed by atoms with Crippen LogP contribution in [0.1, 0.15) is 36.0 Å². The van der Waals surface area contributed by atoms with Crippen molar-refractivity contribution in [3.63, 3.8) is 0 Å². The molecule has 0 spiro atoms. The summed E-state index contributed by atoms with van der Waals surface area (Å²) in [4.78, 5) is 14.9. The summed E-state index contributed by atoms with van der Waals surface area (Å²) < 4.78 is 27.9. The van der Waals surface area contributed by atoms with Crippen molar-refractivity contribution in [3.8, 4) is 0 Å². The van der Waals surface area contributed by atoms with Crippen molar-refractivity contribution in [1.82, 2.24) is 4.90 Å². The molecule has 2 aromatic carbocycles. The maximum atomic E-state index is 13.0. The molecule has 0 atom stereocenters. The minimum atomic E-state index is -3.86. The molecule has 2 fully saturated rings. The topological polar surface area (TPSA) is 66.5 Å². The first-order valence-electron chi connectivity index (χ1n) is 9.61. The molecule has 2 aromatic rings. The van der Waals surface area contributed by atoms with Crippen LogP contribution in [0.15, 0.2) is 47.4 Å². The van der Waals surface area contributed by atoms with Crippen LogP contribution in [0.3, 0.4) is 0 Å². The molecule has 29 heavy (non-hydrogen) atoms. The molecule has 0 bridgehead atoms. The van der Waals surface area contributed by atoms with Gasteiger partial charge in [-0.2, -0.15) is 0 Å². The Bertz CT molecular complexity index is 1040. The molecule has 0 aliphatic heterocycles. The van der Waals surface area contributed by atoms with Crippen LogP contribution in [0.2, 0.25) is 10.0 Å². The lowest BCUT2D eigenvalue weighted by atomic mass is 10.0. The molecule has 4 rings (SSSR count). The second-order valence-corrected chi connectivity index (χ2v) is 10.3. The predicted octanol–water partition coefficient (Wildman–Crippen LogP) is 5.05. The second-order valence-electron chi connectivity index (χ2n) is 7.84. The van der Waals surface area contributed by atoms with Gasteiger partial charge in [-0.15, -0.1) is 0 Å². The molecule has 8 heteroatoms. The number of benzene rings is 2. The molecule has 2 aliphatic rings. The SMILES string of the molecule is CN(C(=O)c1cccc(NS(=O)(=O)c2ccc(Cl)c(Cl)c2)c1)C(C1CC1)C1CC1. The van der Waals surface area contributed by atoms with Crippen molar-refractivity contribution in [1.29, 1.82) is 0 Å². The molecule has 0 heterocycles. The monoisotopic (exact) mass is 452 g/mol. The summed E-state index contributed by atoms with van der Waals surface area (Å²) >= 11 is 11.8. The minimum Gasteiger partial charge on any atom is -0.338 e. The molecule has 2 saturated carbocycles. The Labute approximate surface area is 181 Å². The number of nitrogens with one attached hydrogen (secondary N) is 1. The predicted molar refractivity (Wildman–Crippen MR) is 115 cm³/mol. The van der Waals surface area contributed by atoms with Crippen LogP contribution in [0, 0.1) is 11.8 Å². The van der Waals surface area contributed by atoms with E-state index in [1.807, 2.05) is 11.9 Å². The molecule has 1 amide bonds. The summed E-state index contributed by atoms with van der Waals surface area (Å²) in [5.74, 6) is 1.13. The Kier molecular flexibility index (Phi) is 5.53. The van der Waals surface area contributed by atoms with Crippen LogP contribution < -0.4 is 4.72 Å². The number of halogens is 2. The van der Waals surface area contributed by atoms with Gasteiger partial charge in [-0.25, -0.2) is 8.42 Å². The molecular formula is C21H22Cl2N2O3S. The number of hydrogen-bond acceptors (Lipinski definition) is 3. The molecule has 0 saturated heterocycles. The number of carbonyl (C=O) groups excluding carboxylic acids is 1. The number of rotatable bonds is 7. The lowest BCUT2D eigenvalue weighted by molar-refractivity contribution is 0.0690. The van der Waals surface area contributed by atoms with Crippen molar-refractivity contribution in [2.24, 2.45) is 11.8 Å².